The van der Waals surface area contributed by atoms with E-state index in [0.717, 1.165) is 11.1 Å². The highest BCUT2D eigenvalue weighted by atomic mass is 32.1. The molecule has 0 aliphatic heterocycles. The number of Topliss-reactive ketones (excluding diaryl/α,β-unsaturated/α-hetero) is 1. The molecule has 0 saturated heterocycles. The fourth-order valence-electron chi connectivity index (χ4n) is 2.34. The molecule has 0 atom stereocenters. The summed E-state index contributed by atoms with van der Waals surface area (Å²) < 4.78 is 0. The number of thiophene rings is 1. The van der Waals surface area contributed by atoms with E-state index in [4.69, 9.17) is 0 Å². The fraction of sp³-hybridized carbons (Fsp3) is 0.118. The van der Waals surface area contributed by atoms with Crippen LogP contribution in [-0.2, 0) is 17.6 Å². The molecule has 0 aliphatic rings. The Kier molecular flexibility index (Phi) is 3.43. The number of rotatable bonds is 4. The Morgan fingerprint density at radius 3 is 2.63 bits per heavy atom. The first-order chi connectivity index (χ1) is 9.33. The van der Waals surface area contributed by atoms with Crippen LogP contribution in [0.2, 0.25) is 0 Å². The average Bonchev–Trinajstić information content (AvgIpc) is 2.92. The predicted octanol–water partition coefficient (Wildman–Crippen LogP) is 4.26. The van der Waals surface area contributed by atoms with E-state index in [1.165, 1.54) is 10.8 Å². The molecule has 0 N–H and O–H groups in total. The second kappa shape index (κ2) is 5.37. The average molecular weight is 266 g/mol. The third-order valence-corrected chi connectivity index (χ3v) is 3.98. The van der Waals surface area contributed by atoms with Gasteiger partial charge in [0, 0.05) is 12.8 Å². The Morgan fingerprint density at radius 2 is 1.79 bits per heavy atom. The lowest BCUT2D eigenvalue weighted by Gasteiger charge is -2.05. The molecule has 1 aromatic heterocycles. The topological polar surface area (TPSA) is 17.1 Å². The molecule has 94 valence electrons. The molecule has 0 spiro atoms. The molecule has 0 aliphatic carbocycles. The molecule has 2 heteroatoms. The molecule has 0 saturated carbocycles. The molecule has 0 radical (unpaired) electrons. The number of ketones is 1. The van der Waals surface area contributed by atoms with Crippen molar-refractivity contribution in [2.45, 2.75) is 12.8 Å². The number of fused-ring (bicyclic) bond motifs is 1. The minimum Gasteiger partial charge on any atom is -0.299 e. The van der Waals surface area contributed by atoms with Crippen molar-refractivity contribution in [2.75, 3.05) is 0 Å². The van der Waals surface area contributed by atoms with Gasteiger partial charge < -0.3 is 0 Å². The van der Waals surface area contributed by atoms with Gasteiger partial charge in [0.2, 0.25) is 0 Å². The summed E-state index contributed by atoms with van der Waals surface area (Å²) in [6.45, 7) is 0. The summed E-state index contributed by atoms with van der Waals surface area (Å²) in [5.74, 6) is 0.273. The van der Waals surface area contributed by atoms with E-state index in [9.17, 15) is 4.79 Å². The largest absolute Gasteiger partial charge is 0.299 e. The Bertz CT molecular complexity index is 693. The monoisotopic (exact) mass is 266 g/mol. The lowest BCUT2D eigenvalue weighted by molar-refractivity contribution is -0.117. The summed E-state index contributed by atoms with van der Waals surface area (Å²) in [5.41, 5.74) is 2.24. The van der Waals surface area contributed by atoms with Crippen LogP contribution in [0.15, 0.2) is 59.3 Å². The van der Waals surface area contributed by atoms with Crippen LogP contribution in [0, 0.1) is 0 Å². The maximum absolute atomic E-state index is 12.1. The third kappa shape index (κ3) is 2.74. The predicted molar refractivity (Wildman–Crippen MR) is 80.7 cm³/mol. The van der Waals surface area contributed by atoms with Crippen LogP contribution >= 0.6 is 11.3 Å². The zero-order chi connectivity index (χ0) is 13.1. The van der Waals surface area contributed by atoms with Crippen LogP contribution in [0.4, 0.5) is 0 Å². The van der Waals surface area contributed by atoms with Gasteiger partial charge >= 0.3 is 0 Å². The van der Waals surface area contributed by atoms with Crippen LogP contribution in [-0.4, -0.2) is 5.78 Å². The maximum Gasteiger partial charge on any atom is 0.141 e. The maximum atomic E-state index is 12.1. The van der Waals surface area contributed by atoms with Crippen LogP contribution in [0.5, 0.6) is 0 Å². The SMILES string of the molecule is O=C(Cc1ccsc1)Cc1cccc2ccccc12. The highest BCUT2D eigenvalue weighted by Gasteiger charge is 2.08. The number of carbonyl (C=O) groups excluding carboxylic acids is 1. The third-order valence-electron chi connectivity index (χ3n) is 3.25. The fourth-order valence-corrected chi connectivity index (χ4v) is 3.01. The normalized spacial score (nSPS) is 10.7. The van der Waals surface area contributed by atoms with Crippen molar-refractivity contribution in [2.24, 2.45) is 0 Å². The highest BCUT2D eigenvalue weighted by Crippen LogP contribution is 2.19. The summed E-state index contributed by atoms with van der Waals surface area (Å²) in [6, 6.07) is 16.4. The van der Waals surface area contributed by atoms with Gasteiger partial charge in [-0.05, 0) is 38.7 Å². The molecule has 2 aromatic carbocycles. The van der Waals surface area contributed by atoms with E-state index in [1.807, 2.05) is 41.1 Å². The van der Waals surface area contributed by atoms with Crippen molar-refractivity contribution in [1.82, 2.24) is 0 Å². The van der Waals surface area contributed by atoms with Gasteiger partial charge in [0.1, 0.15) is 5.78 Å². The Balaban J connectivity index is 1.83. The summed E-state index contributed by atoms with van der Waals surface area (Å²) in [7, 11) is 0. The van der Waals surface area contributed by atoms with Gasteiger partial charge in [-0.25, -0.2) is 0 Å². The van der Waals surface area contributed by atoms with E-state index in [2.05, 4.69) is 18.2 Å². The first-order valence-corrected chi connectivity index (χ1v) is 7.26. The van der Waals surface area contributed by atoms with Crippen molar-refractivity contribution in [3.63, 3.8) is 0 Å². The van der Waals surface area contributed by atoms with Crippen molar-refractivity contribution < 1.29 is 4.79 Å². The van der Waals surface area contributed by atoms with Crippen LogP contribution < -0.4 is 0 Å². The van der Waals surface area contributed by atoms with E-state index in [1.54, 1.807) is 11.3 Å². The lowest BCUT2D eigenvalue weighted by Crippen LogP contribution is -2.06. The van der Waals surface area contributed by atoms with Crippen molar-refractivity contribution >= 4 is 27.9 Å². The Hall–Kier alpha value is -1.93. The second-order valence-corrected chi connectivity index (χ2v) is 5.44. The summed E-state index contributed by atoms with van der Waals surface area (Å²) in [5, 5.41) is 6.44. The molecule has 0 unspecified atom stereocenters. The standard InChI is InChI=1S/C17H14OS/c18-16(10-13-8-9-19-12-13)11-15-6-3-5-14-4-1-2-7-17(14)15/h1-9,12H,10-11H2. The van der Waals surface area contributed by atoms with Crippen molar-refractivity contribution in [3.8, 4) is 0 Å². The summed E-state index contributed by atoms with van der Waals surface area (Å²) in [4.78, 5) is 12.1. The molecule has 19 heavy (non-hydrogen) atoms. The van der Waals surface area contributed by atoms with Crippen LogP contribution in [0.3, 0.4) is 0 Å². The number of hydrogen-bond donors (Lipinski definition) is 0. The molecule has 3 aromatic rings. The van der Waals surface area contributed by atoms with E-state index < -0.39 is 0 Å². The van der Waals surface area contributed by atoms with Gasteiger partial charge in [-0.2, -0.15) is 11.3 Å². The van der Waals surface area contributed by atoms with Crippen LogP contribution in [0.1, 0.15) is 11.1 Å². The zero-order valence-corrected chi connectivity index (χ0v) is 11.3. The minimum atomic E-state index is 0.273. The summed E-state index contributed by atoms with van der Waals surface area (Å²) >= 11 is 1.64. The molecule has 0 amide bonds. The van der Waals surface area contributed by atoms with Crippen molar-refractivity contribution in [1.29, 1.82) is 0 Å². The van der Waals surface area contributed by atoms with Gasteiger partial charge in [-0.15, -0.1) is 0 Å². The van der Waals surface area contributed by atoms with Gasteiger partial charge in [0.05, 0.1) is 0 Å². The molecular weight excluding hydrogens is 252 g/mol. The minimum absolute atomic E-state index is 0.273. The molecule has 1 heterocycles. The number of hydrogen-bond acceptors (Lipinski definition) is 2. The van der Waals surface area contributed by atoms with E-state index in [0.29, 0.717) is 12.8 Å². The lowest BCUT2D eigenvalue weighted by atomic mass is 9.98. The first-order valence-electron chi connectivity index (χ1n) is 6.32. The van der Waals surface area contributed by atoms with Gasteiger partial charge in [-0.1, -0.05) is 42.5 Å². The highest BCUT2D eigenvalue weighted by molar-refractivity contribution is 7.08. The smallest absolute Gasteiger partial charge is 0.141 e. The van der Waals surface area contributed by atoms with E-state index >= 15 is 0 Å². The van der Waals surface area contributed by atoms with Crippen molar-refractivity contribution in [3.05, 3.63) is 70.4 Å². The quantitative estimate of drug-likeness (QED) is 0.689. The Morgan fingerprint density at radius 1 is 0.947 bits per heavy atom. The summed E-state index contributed by atoms with van der Waals surface area (Å²) in [6.07, 6.45) is 1.05. The van der Waals surface area contributed by atoms with Gasteiger partial charge in [0.15, 0.2) is 0 Å². The first kappa shape index (κ1) is 12.1. The van der Waals surface area contributed by atoms with E-state index in [-0.39, 0.29) is 5.78 Å². The molecule has 1 nitrogen and oxygen atoms in total. The molecule has 0 bridgehead atoms. The Labute approximate surface area is 116 Å². The van der Waals surface area contributed by atoms with Gasteiger partial charge in [-0.3, -0.25) is 4.79 Å². The molecule has 3 rings (SSSR count). The zero-order valence-electron chi connectivity index (χ0n) is 10.5. The van der Waals surface area contributed by atoms with Crippen LogP contribution in [0.25, 0.3) is 10.8 Å². The number of carbonyl (C=O) groups is 1. The van der Waals surface area contributed by atoms with Gasteiger partial charge in [0.25, 0.3) is 0 Å². The number of benzene rings is 2. The second-order valence-electron chi connectivity index (χ2n) is 4.66. The molecular formula is C17H14OS. The molecule has 0 fully saturated rings.